The molecule has 0 aliphatic heterocycles. The zero-order valence-electron chi connectivity index (χ0n) is 15.5. The van der Waals surface area contributed by atoms with Crippen LogP contribution in [0.2, 0.25) is 0 Å². The van der Waals surface area contributed by atoms with Crippen molar-refractivity contribution in [3.63, 3.8) is 0 Å². The van der Waals surface area contributed by atoms with Crippen molar-refractivity contribution >= 4 is 11.8 Å². The number of allylic oxidation sites excluding steroid dienone is 1. The molecular formula is C18H30O6. The summed E-state index contributed by atoms with van der Waals surface area (Å²) in [5.41, 5.74) is -0.166. The van der Waals surface area contributed by atoms with E-state index in [0.29, 0.717) is 13.2 Å². The summed E-state index contributed by atoms with van der Waals surface area (Å²) < 4.78 is 20.9. The second-order valence-electron chi connectivity index (χ2n) is 6.18. The molecule has 0 spiro atoms. The van der Waals surface area contributed by atoms with Crippen molar-refractivity contribution in [3.05, 3.63) is 24.7 Å². The van der Waals surface area contributed by atoms with Crippen molar-refractivity contribution in [3.8, 4) is 0 Å². The van der Waals surface area contributed by atoms with Gasteiger partial charge in [-0.25, -0.2) is 4.79 Å². The van der Waals surface area contributed by atoms with Crippen LogP contribution >= 0.6 is 0 Å². The smallest absolute Gasteiger partial charge is 0.373 e. The second kappa shape index (κ2) is 11.0. The molecule has 0 saturated heterocycles. The first-order valence-electron chi connectivity index (χ1n) is 8.09. The number of ketones is 1. The topological polar surface area (TPSA) is 71.1 Å². The summed E-state index contributed by atoms with van der Waals surface area (Å²) in [6, 6.07) is 0. The van der Waals surface area contributed by atoms with Crippen molar-refractivity contribution < 1.29 is 28.5 Å². The number of hydrogen-bond donors (Lipinski definition) is 0. The van der Waals surface area contributed by atoms with Crippen molar-refractivity contribution in [1.82, 2.24) is 0 Å². The maximum atomic E-state index is 11.7. The molecule has 6 heteroatoms. The molecule has 0 amide bonds. The number of ether oxygens (including phenoxy) is 4. The monoisotopic (exact) mass is 342 g/mol. The fourth-order valence-corrected chi connectivity index (χ4v) is 1.42. The minimum atomic E-state index is -0.750. The van der Waals surface area contributed by atoms with Gasteiger partial charge in [0.25, 0.3) is 0 Å². The fourth-order valence-electron chi connectivity index (χ4n) is 1.42. The Bertz CT molecular complexity index is 450. The third kappa shape index (κ3) is 9.47. The maximum Gasteiger partial charge on any atom is 0.373 e. The Hall–Kier alpha value is -1.66. The summed E-state index contributed by atoms with van der Waals surface area (Å²) in [4.78, 5) is 23.3. The first kappa shape index (κ1) is 22.3. The Morgan fingerprint density at radius 3 is 2.12 bits per heavy atom. The lowest BCUT2D eigenvalue weighted by Crippen LogP contribution is -2.25. The quantitative estimate of drug-likeness (QED) is 0.222. The second-order valence-corrected chi connectivity index (χ2v) is 6.18. The van der Waals surface area contributed by atoms with Gasteiger partial charge < -0.3 is 18.9 Å². The molecule has 6 nitrogen and oxygen atoms in total. The SMILES string of the molecule is C=C(OC(=C)C(=O)C(C)C)C(=O)OCCOCCOC(C)(C)CC. The van der Waals surface area contributed by atoms with Crippen molar-refractivity contribution in [1.29, 1.82) is 0 Å². The summed E-state index contributed by atoms with van der Waals surface area (Å²) in [6.45, 7) is 17.6. The van der Waals surface area contributed by atoms with Gasteiger partial charge >= 0.3 is 5.97 Å². The average molecular weight is 342 g/mol. The number of hydrogen-bond acceptors (Lipinski definition) is 6. The number of esters is 1. The minimum Gasteiger partial charge on any atom is -0.457 e. The van der Waals surface area contributed by atoms with Crippen LogP contribution in [0.5, 0.6) is 0 Å². The van der Waals surface area contributed by atoms with Crippen LogP contribution in [-0.2, 0) is 28.5 Å². The Morgan fingerprint density at radius 2 is 1.58 bits per heavy atom. The molecule has 0 aromatic carbocycles. The molecule has 0 rings (SSSR count). The molecule has 0 radical (unpaired) electrons. The van der Waals surface area contributed by atoms with Crippen LogP contribution in [0.3, 0.4) is 0 Å². The standard InChI is InChI=1S/C18H30O6/c1-8-18(6,7)23-12-10-21-9-11-22-17(20)15(5)24-14(4)16(19)13(2)3/h13H,4-5,8-12H2,1-3,6-7H3. The molecule has 0 aromatic rings. The van der Waals surface area contributed by atoms with E-state index in [2.05, 4.69) is 20.1 Å². The molecule has 0 N–H and O–H groups in total. The first-order valence-corrected chi connectivity index (χ1v) is 8.09. The Balaban J connectivity index is 3.85. The van der Waals surface area contributed by atoms with E-state index in [1.54, 1.807) is 13.8 Å². The lowest BCUT2D eigenvalue weighted by Gasteiger charge is -2.23. The van der Waals surface area contributed by atoms with Gasteiger partial charge in [-0.1, -0.05) is 27.4 Å². The van der Waals surface area contributed by atoms with Crippen LogP contribution in [0.25, 0.3) is 0 Å². The summed E-state index contributed by atoms with van der Waals surface area (Å²) in [5, 5.41) is 0. The summed E-state index contributed by atoms with van der Waals surface area (Å²) in [6.07, 6.45) is 0.914. The van der Waals surface area contributed by atoms with Gasteiger partial charge in [-0.05, 0) is 26.8 Å². The lowest BCUT2D eigenvalue weighted by atomic mass is 10.1. The van der Waals surface area contributed by atoms with E-state index >= 15 is 0 Å². The lowest BCUT2D eigenvalue weighted by molar-refractivity contribution is -0.144. The van der Waals surface area contributed by atoms with Gasteiger partial charge in [0.2, 0.25) is 5.76 Å². The Kier molecular flexibility index (Phi) is 10.2. The highest BCUT2D eigenvalue weighted by atomic mass is 16.6. The summed E-state index contributed by atoms with van der Waals surface area (Å²) in [7, 11) is 0. The zero-order chi connectivity index (χ0) is 18.8. The van der Waals surface area contributed by atoms with Crippen LogP contribution in [-0.4, -0.2) is 43.8 Å². The molecule has 0 fully saturated rings. The number of carbonyl (C=O) groups excluding carboxylic acids is 2. The van der Waals surface area contributed by atoms with E-state index in [1.807, 2.05) is 13.8 Å². The van der Waals surface area contributed by atoms with Gasteiger partial charge in [0, 0.05) is 5.92 Å². The van der Waals surface area contributed by atoms with Crippen LogP contribution in [0.1, 0.15) is 41.0 Å². The van der Waals surface area contributed by atoms with Crippen LogP contribution in [0.15, 0.2) is 24.7 Å². The van der Waals surface area contributed by atoms with Crippen LogP contribution < -0.4 is 0 Å². The Morgan fingerprint density at radius 1 is 1.00 bits per heavy atom. The van der Waals surface area contributed by atoms with Crippen molar-refractivity contribution in [2.75, 3.05) is 26.4 Å². The van der Waals surface area contributed by atoms with E-state index in [1.165, 1.54) is 0 Å². The third-order valence-electron chi connectivity index (χ3n) is 3.31. The van der Waals surface area contributed by atoms with E-state index in [4.69, 9.17) is 18.9 Å². The summed E-state index contributed by atoms with van der Waals surface area (Å²) in [5.74, 6) is -1.71. The van der Waals surface area contributed by atoms with Crippen LogP contribution in [0.4, 0.5) is 0 Å². The molecule has 0 aliphatic carbocycles. The molecular weight excluding hydrogens is 312 g/mol. The number of rotatable bonds is 13. The molecule has 0 aromatic heterocycles. The molecule has 138 valence electrons. The predicted molar refractivity (Wildman–Crippen MR) is 91.3 cm³/mol. The van der Waals surface area contributed by atoms with E-state index in [9.17, 15) is 9.59 Å². The molecule has 0 atom stereocenters. The van der Waals surface area contributed by atoms with Gasteiger partial charge in [0.1, 0.15) is 6.61 Å². The van der Waals surface area contributed by atoms with E-state index in [-0.39, 0.29) is 42.0 Å². The van der Waals surface area contributed by atoms with Gasteiger partial charge in [0.05, 0.1) is 25.4 Å². The van der Waals surface area contributed by atoms with Crippen molar-refractivity contribution in [2.45, 2.75) is 46.6 Å². The normalized spacial score (nSPS) is 11.2. The highest BCUT2D eigenvalue weighted by Gasteiger charge is 2.18. The number of Topliss-reactive ketones (excluding diaryl/α,β-unsaturated/α-hetero) is 1. The Labute approximate surface area is 144 Å². The predicted octanol–water partition coefficient (Wildman–Crippen LogP) is 3.02. The molecule has 0 saturated carbocycles. The largest absolute Gasteiger partial charge is 0.457 e. The number of carbonyl (C=O) groups is 2. The van der Waals surface area contributed by atoms with Gasteiger partial charge in [0.15, 0.2) is 11.5 Å². The third-order valence-corrected chi connectivity index (χ3v) is 3.31. The molecule has 0 bridgehead atoms. The molecule has 24 heavy (non-hydrogen) atoms. The highest BCUT2D eigenvalue weighted by molar-refractivity contribution is 5.95. The van der Waals surface area contributed by atoms with Gasteiger partial charge in [-0.3, -0.25) is 4.79 Å². The van der Waals surface area contributed by atoms with Crippen LogP contribution in [0, 0.1) is 5.92 Å². The minimum absolute atomic E-state index is 0.0585. The average Bonchev–Trinajstić information content (AvgIpc) is 2.52. The van der Waals surface area contributed by atoms with Gasteiger partial charge in [-0.2, -0.15) is 0 Å². The van der Waals surface area contributed by atoms with Crippen molar-refractivity contribution in [2.24, 2.45) is 5.92 Å². The van der Waals surface area contributed by atoms with E-state index < -0.39 is 5.97 Å². The zero-order valence-corrected chi connectivity index (χ0v) is 15.5. The molecule has 0 aliphatic rings. The first-order chi connectivity index (χ1) is 11.1. The summed E-state index contributed by atoms with van der Waals surface area (Å²) >= 11 is 0. The molecule has 0 heterocycles. The van der Waals surface area contributed by atoms with E-state index in [0.717, 1.165) is 6.42 Å². The fraction of sp³-hybridized carbons (Fsp3) is 0.667. The molecule has 0 unspecified atom stereocenters. The van der Waals surface area contributed by atoms with Gasteiger partial charge in [-0.15, -0.1) is 0 Å². The highest BCUT2D eigenvalue weighted by Crippen LogP contribution is 2.13. The maximum absolute atomic E-state index is 11.7.